The van der Waals surface area contributed by atoms with E-state index in [0.29, 0.717) is 18.0 Å². The molecule has 0 bridgehead atoms. The number of nitrogens with one attached hydrogen (secondary N) is 1. The number of anilines is 1. The molecule has 2 amide bonds. The topological polar surface area (TPSA) is 105 Å². The summed E-state index contributed by atoms with van der Waals surface area (Å²) in [4.78, 5) is 28.6. The lowest BCUT2D eigenvalue weighted by Crippen LogP contribution is -2.51. The lowest BCUT2D eigenvalue weighted by atomic mass is 10.1. The molecule has 0 fully saturated rings. The van der Waals surface area contributed by atoms with Crippen LogP contribution >= 0.6 is 15.9 Å². The third-order valence-electron chi connectivity index (χ3n) is 6.83. The zero-order chi connectivity index (χ0) is 31.9. The SMILES string of the molecule is COc1ccc(S(=O)(=O)N(CC(=O)N(Cc2ccc(Br)cc2)[C@H](C)C(=O)NCC(C)C)c2cc(C)cc(C)c2)cc1OC. The Morgan fingerprint density at radius 2 is 1.49 bits per heavy atom. The fourth-order valence-electron chi connectivity index (χ4n) is 4.55. The number of sulfonamides is 1. The molecule has 0 aliphatic heterocycles. The van der Waals surface area contributed by atoms with Crippen LogP contribution in [0.5, 0.6) is 11.5 Å². The summed E-state index contributed by atoms with van der Waals surface area (Å²) < 4.78 is 41.1. The van der Waals surface area contributed by atoms with Crippen LogP contribution in [0.3, 0.4) is 0 Å². The summed E-state index contributed by atoms with van der Waals surface area (Å²) >= 11 is 3.43. The number of hydrogen-bond donors (Lipinski definition) is 1. The second kappa shape index (κ2) is 14.7. The predicted octanol–water partition coefficient (Wildman–Crippen LogP) is 5.47. The molecular weight excluding hydrogens is 634 g/mol. The summed E-state index contributed by atoms with van der Waals surface area (Å²) in [6.45, 7) is 9.37. The van der Waals surface area contributed by atoms with Crippen LogP contribution in [0, 0.1) is 19.8 Å². The summed E-state index contributed by atoms with van der Waals surface area (Å²) in [7, 11) is -1.39. The van der Waals surface area contributed by atoms with E-state index in [1.807, 2.05) is 58.0 Å². The van der Waals surface area contributed by atoms with Gasteiger partial charge in [-0.2, -0.15) is 0 Å². The van der Waals surface area contributed by atoms with E-state index in [-0.39, 0.29) is 29.0 Å². The van der Waals surface area contributed by atoms with Crippen molar-refractivity contribution in [3.63, 3.8) is 0 Å². The van der Waals surface area contributed by atoms with Crippen molar-refractivity contribution in [1.29, 1.82) is 0 Å². The Kier molecular flexibility index (Phi) is 11.6. The summed E-state index contributed by atoms with van der Waals surface area (Å²) in [5, 5.41) is 2.89. The van der Waals surface area contributed by atoms with E-state index in [0.717, 1.165) is 25.5 Å². The number of nitrogens with zero attached hydrogens (tertiary/aromatic N) is 2. The first-order chi connectivity index (χ1) is 20.3. The molecule has 43 heavy (non-hydrogen) atoms. The van der Waals surface area contributed by atoms with Crippen molar-refractivity contribution in [2.45, 2.75) is 52.1 Å². The maximum Gasteiger partial charge on any atom is 0.264 e. The van der Waals surface area contributed by atoms with E-state index >= 15 is 0 Å². The number of carbonyl (C=O) groups excluding carboxylic acids is 2. The van der Waals surface area contributed by atoms with Gasteiger partial charge in [0.1, 0.15) is 12.6 Å². The van der Waals surface area contributed by atoms with Crippen LogP contribution in [0.15, 0.2) is 70.0 Å². The van der Waals surface area contributed by atoms with Crippen molar-refractivity contribution >= 4 is 43.5 Å². The Labute approximate surface area is 263 Å². The smallest absolute Gasteiger partial charge is 0.264 e. The van der Waals surface area contributed by atoms with Crippen molar-refractivity contribution in [3.05, 3.63) is 81.8 Å². The van der Waals surface area contributed by atoms with Gasteiger partial charge in [-0.1, -0.05) is 48.0 Å². The summed E-state index contributed by atoms with van der Waals surface area (Å²) in [6, 6.07) is 16.2. The minimum atomic E-state index is -4.28. The van der Waals surface area contributed by atoms with Gasteiger partial charge in [0.05, 0.1) is 24.8 Å². The second-order valence-corrected chi connectivity index (χ2v) is 13.6. The summed E-state index contributed by atoms with van der Waals surface area (Å²) in [5.41, 5.74) is 2.80. The van der Waals surface area contributed by atoms with Gasteiger partial charge in [0.15, 0.2) is 11.5 Å². The van der Waals surface area contributed by atoms with Crippen molar-refractivity contribution in [1.82, 2.24) is 10.2 Å². The molecule has 0 saturated carbocycles. The van der Waals surface area contributed by atoms with Gasteiger partial charge in [0, 0.05) is 23.6 Å². The quantitative estimate of drug-likeness (QED) is 0.258. The number of aryl methyl sites for hydroxylation is 2. The van der Waals surface area contributed by atoms with Crippen LogP contribution in [-0.4, -0.2) is 58.5 Å². The van der Waals surface area contributed by atoms with Crippen molar-refractivity contribution in [2.24, 2.45) is 5.92 Å². The lowest BCUT2D eigenvalue weighted by Gasteiger charge is -2.32. The largest absolute Gasteiger partial charge is 0.493 e. The van der Waals surface area contributed by atoms with Gasteiger partial charge in [0.25, 0.3) is 10.0 Å². The van der Waals surface area contributed by atoms with E-state index in [4.69, 9.17) is 9.47 Å². The van der Waals surface area contributed by atoms with Crippen LogP contribution in [0.25, 0.3) is 0 Å². The molecule has 0 aromatic heterocycles. The average molecular weight is 675 g/mol. The fraction of sp³-hybridized carbons (Fsp3) is 0.375. The van der Waals surface area contributed by atoms with Crippen molar-refractivity contribution < 1.29 is 27.5 Å². The highest BCUT2D eigenvalue weighted by Gasteiger charge is 2.33. The number of amides is 2. The third-order valence-corrected chi connectivity index (χ3v) is 9.13. The van der Waals surface area contributed by atoms with Crippen LogP contribution in [0.4, 0.5) is 5.69 Å². The number of hydrogen-bond acceptors (Lipinski definition) is 6. The highest BCUT2D eigenvalue weighted by atomic mass is 79.9. The molecule has 0 spiro atoms. The Balaban J connectivity index is 2.09. The Hall–Kier alpha value is -3.57. The number of carbonyl (C=O) groups is 2. The number of rotatable bonds is 13. The average Bonchev–Trinajstić information content (AvgIpc) is 2.96. The van der Waals surface area contributed by atoms with Crippen LogP contribution in [-0.2, 0) is 26.2 Å². The Morgan fingerprint density at radius 1 is 0.884 bits per heavy atom. The van der Waals surface area contributed by atoms with Crippen LogP contribution < -0.4 is 19.1 Å². The van der Waals surface area contributed by atoms with Crippen LogP contribution in [0.2, 0.25) is 0 Å². The molecule has 0 unspecified atom stereocenters. The van der Waals surface area contributed by atoms with Gasteiger partial charge < -0.3 is 19.7 Å². The van der Waals surface area contributed by atoms with E-state index in [9.17, 15) is 18.0 Å². The molecule has 1 atom stereocenters. The normalized spacial score (nSPS) is 12.0. The van der Waals surface area contributed by atoms with E-state index in [2.05, 4.69) is 21.2 Å². The molecule has 3 aromatic carbocycles. The van der Waals surface area contributed by atoms with Gasteiger partial charge in [-0.05, 0) is 79.8 Å². The number of methoxy groups -OCH3 is 2. The molecular formula is C32H40BrN3O6S. The number of halogens is 1. The molecule has 0 aliphatic carbocycles. The highest BCUT2D eigenvalue weighted by Crippen LogP contribution is 2.33. The van der Waals surface area contributed by atoms with E-state index in [1.165, 1.54) is 37.3 Å². The molecule has 1 N–H and O–H groups in total. The molecule has 232 valence electrons. The van der Waals surface area contributed by atoms with Gasteiger partial charge in [-0.15, -0.1) is 0 Å². The molecule has 0 saturated heterocycles. The van der Waals surface area contributed by atoms with E-state index in [1.54, 1.807) is 19.1 Å². The van der Waals surface area contributed by atoms with Gasteiger partial charge in [0.2, 0.25) is 11.8 Å². The number of benzene rings is 3. The maximum atomic E-state index is 14.2. The highest BCUT2D eigenvalue weighted by molar-refractivity contribution is 9.10. The lowest BCUT2D eigenvalue weighted by molar-refractivity contribution is -0.139. The Morgan fingerprint density at radius 3 is 2.05 bits per heavy atom. The monoisotopic (exact) mass is 673 g/mol. The number of ether oxygens (including phenoxy) is 2. The van der Waals surface area contributed by atoms with Crippen LogP contribution in [0.1, 0.15) is 37.5 Å². The molecule has 0 aliphatic rings. The molecule has 9 nitrogen and oxygen atoms in total. The molecule has 0 heterocycles. The minimum absolute atomic E-state index is 0.0701. The molecule has 0 radical (unpaired) electrons. The zero-order valence-corrected chi connectivity index (χ0v) is 28.1. The van der Waals surface area contributed by atoms with Gasteiger partial charge in [-0.3, -0.25) is 13.9 Å². The fourth-order valence-corrected chi connectivity index (χ4v) is 6.23. The molecule has 11 heteroatoms. The standard InChI is InChI=1S/C32H40BrN3O6S/c1-21(2)18-34-32(38)24(5)35(19-25-8-10-26(33)11-9-25)31(37)20-36(27-15-22(3)14-23(4)16-27)43(39,40)28-12-13-29(41-6)30(17-28)42-7/h8-17,21,24H,18-20H2,1-7H3,(H,34,38)/t24-/m1/s1. The van der Waals surface area contributed by atoms with Gasteiger partial charge in [-0.25, -0.2) is 8.42 Å². The van der Waals surface area contributed by atoms with Crippen molar-refractivity contribution in [3.8, 4) is 11.5 Å². The maximum absolute atomic E-state index is 14.2. The minimum Gasteiger partial charge on any atom is -0.493 e. The first kappa shape index (κ1) is 33.9. The third kappa shape index (κ3) is 8.73. The molecule has 3 rings (SSSR count). The first-order valence-electron chi connectivity index (χ1n) is 13.9. The second-order valence-electron chi connectivity index (χ2n) is 10.8. The Bertz CT molecular complexity index is 1520. The van der Waals surface area contributed by atoms with E-state index < -0.39 is 28.5 Å². The predicted molar refractivity (Wildman–Crippen MR) is 172 cm³/mol. The summed E-state index contributed by atoms with van der Waals surface area (Å²) in [5.74, 6) is -0.0170. The van der Waals surface area contributed by atoms with Crippen molar-refractivity contribution in [2.75, 3.05) is 31.6 Å². The first-order valence-corrected chi connectivity index (χ1v) is 16.1. The summed E-state index contributed by atoms with van der Waals surface area (Å²) in [6.07, 6.45) is 0. The zero-order valence-electron chi connectivity index (χ0n) is 25.7. The van der Waals surface area contributed by atoms with Gasteiger partial charge >= 0.3 is 0 Å². The molecule has 3 aromatic rings.